The van der Waals surface area contributed by atoms with Crippen LogP contribution in [0.3, 0.4) is 0 Å². The van der Waals surface area contributed by atoms with Crippen molar-refractivity contribution in [3.05, 3.63) is 84.4 Å². The standard InChI is InChI=1S/C19H18N2O2S/c1-15-7-5-6-10-19(15)20-16-11-13-17(14-12-16)21-24(22,23)18-8-3-2-4-9-18/h2-14,20-21H,1H3. The number of hydrogen-bond donors (Lipinski definition) is 2. The van der Waals surface area contributed by atoms with Gasteiger partial charge in [0.2, 0.25) is 0 Å². The first-order valence-corrected chi connectivity index (χ1v) is 9.03. The Kier molecular flexibility index (Phi) is 4.53. The molecule has 0 atom stereocenters. The molecule has 0 aliphatic rings. The van der Waals surface area contributed by atoms with Gasteiger partial charge in [-0.1, -0.05) is 36.4 Å². The van der Waals surface area contributed by atoms with Crippen molar-refractivity contribution in [1.29, 1.82) is 0 Å². The predicted molar refractivity (Wildman–Crippen MR) is 98.2 cm³/mol. The van der Waals surface area contributed by atoms with Gasteiger partial charge in [0.15, 0.2) is 0 Å². The second kappa shape index (κ2) is 6.76. The van der Waals surface area contributed by atoms with Gasteiger partial charge in [-0.3, -0.25) is 4.72 Å². The molecule has 122 valence electrons. The molecule has 2 N–H and O–H groups in total. The third-order valence-corrected chi connectivity index (χ3v) is 5.01. The van der Waals surface area contributed by atoms with Crippen LogP contribution < -0.4 is 10.0 Å². The van der Waals surface area contributed by atoms with Gasteiger partial charge in [0, 0.05) is 17.1 Å². The summed E-state index contributed by atoms with van der Waals surface area (Å²) < 4.78 is 27.2. The fourth-order valence-corrected chi connectivity index (χ4v) is 3.38. The lowest BCUT2D eigenvalue weighted by Crippen LogP contribution is -2.12. The molecule has 3 rings (SSSR count). The van der Waals surface area contributed by atoms with Crippen molar-refractivity contribution < 1.29 is 8.42 Å². The van der Waals surface area contributed by atoms with E-state index in [1.54, 1.807) is 42.5 Å². The van der Waals surface area contributed by atoms with Crippen LogP contribution in [0.1, 0.15) is 5.56 Å². The summed E-state index contributed by atoms with van der Waals surface area (Å²) in [7, 11) is -3.56. The fraction of sp³-hybridized carbons (Fsp3) is 0.0526. The predicted octanol–water partition coefficient (Wildman–Crippen LogP) is 4.54. The van der Waals surface area contributed by atoms with E-state index in [0.29, 0.717) is 5.69 Å². The van der Waals surface area contributed by atoms with Crippen LogP contribution in [-0.2, 0) is 10.0 Å². The molecule has 5 heteroatoms. The van der Waals surface area contributed by atoms with Crippen molar-refractivity contribution in [2.75, 3.05) is 10.0 Å². The average molecular weight is 338 g/mol. The SMILES string of the molecule is Cc1ccccc1Nc1ccc(NS(=O)(=O)c2ccccc2)cc1. The van der Waals surface area contributed by atoms with E-state index in [-0.39, 0.29) is 4.90 Å². The molecule has 4 nitrogen and oxygen atoms in total. The first-order chi connectivity index (χ1) is 11.5. The Labute approximate surface area is 142 Å². The number of sulfonamides is 1. The van der Waals surface area contributed by atoms with Crippen LogP contribution in [0.4, 0.5) is 17.1 Å². The van der Waals surface area contributed by atoms with Crippen molar-refractivity contribution in [1.82, 2.24) is 0 Å². The van der Waals surface area contributed by atoms with Gasteiger partial charge in [0.1, 0.15) is 0 Å². The number of hydrogen-bond acceptors (Lipinski definition) is 3. The van der Waals surface area contributed by atoms with Gasteiger partial charge in [-0.2, -0.15) is 0 Å². The second-order valence-electron chi connectivity index (χ2n) is 5.44. The van der Waals surface area contributed by atoms with E-state index in [2.05, 4.69) is 10.0 Å². The summed E-state index contributed by atoms with van der Waals surface area (Å²) in [6.07, 6.45) is 0. The Hall–Kier alpha value is -2.79. The molecule has 0 heterocycles. The molecule has 0 fully saturated rings. The van der Waals surface area contributed by atoms with Gasteiger partial charge in [-0.15, -0.1) is 0 Å². The number of nitrogens with one attached hydrogen (secondary N) is 2. The monoisotopic (exact) mass is 338 g/mol. The zero-order chi connectivity index (χ0) is 17.0. The summed E-state index contributed by atoms with van der Waals surface area (Å²) in [4.78, 5) is 0.243. The molecular formula is C19H18N2O2S. The molecule has 0 aliphatic carbocycles. The van der Waals surface area contributed by atoms with E-state index in [4.69, 9.17) is 0 Å². The molecule has 0 radical (unpaired) electrons. The lowest BCUT2D eigenvalue weighted by molar-refractivity contribution is 0.601. The third kappa shape index (κ3) is 3.75. The minimum atomic E-state index is -3.56. The van der Waals surface area contributed by atoms with E-state index >= 15 is 0 Å². The number of benzene rings is 3. The van der Waals surface area contributed by atoms with E-state index < -0.39 is 10.0 Å². The first-order valence-electron chi connectivity index (χ1n) is 7.55. The molecule has 24 heavy (non-hydrogen) atoms. The Balaban J connectivity index is 1.74. The maximum absolute atomic E-state index is 12.3. The zero-order valence-electron chi connectivity index (χ0n) is 13.2. The number of rotatable bonds is 5. The summed E-state index contributed by atoms with van der Waals surface area (Å²) >= 11 is 0. The normalized spacial score (nSPS) is 11.0. The molecule has 3 aromatic rings. The lowest BCUT2D eigenvalue weighted by atomic mass is 10.2. The molecule has 0 aliphatic heterocycles. The van der Waals surface area contributed by atoms with Crippen LogP contribution in [0.2, 0.25) is 0 Å². The minimum absolute atomic E-state index is 0.243. The highest BCUT2D eigenvalue weighted by molar-refractivity contribution is 7.92. The molecular weight excluding hydrogens is 320 g/mol. The largest absolute Gasteiger partial charge is 0.355 e. The second-order valence-corrected chi connectivity index (χ2v) is 7.12. The van der Waals surface area contributed by atoms with Gasteiger partial charge in [-0.25, -0.2) is 8.42 Å². The molecule has 3 aromatic carbocycles. The quantitative estimate of drug-likeness (QED) is 0.718. The van der Waals surface area contributed by atoms with Crippen molar-refractivity contribution in [2.45, 2.75) is 11.8 Å². The molecule has 0 spiro atoms. The molecule has 0 saturated carbocycles. The Morgan fingerprint density at radius 3 is 1.96 bits per heavy atom. The number of anilines is 3. The van der Waals surface area contributed by atoms with Crippen LogP contribution in [0, 0.1) is 6.92 Å². The fourth-order valence-electron chi connectivity index (χ4n) is 2.30. The smallest absolute Gasteiger partial charge is 0.261 e. The van der Waals surface area contributed by atoms with E-state index in [9.17, 15) is 8.42 Å². The summed E-state index contributed by atoms with van der Waals surface area (Å²) in [5, 5.41) is 3.32. The summed E-state index contributed by atoms with van der Waals surface area (Å²) in [6.45, 7) is 2.03. The topological polar surface area (TPSA) is 58.2 Å². The van der Waals surface area contributed by atoms with E-state index in [1.807, 2.05) is 43.3 Å². The van der Waals surface area contributed by atoms with Crippen LogP contribution in [0.15, 0.2) is 83.8 Å². The highest BCUT2D eigenvalue weighted by Crippen LogP contribution is 2.22. The van der Waals surface area contributed by atoms with Crippen LogP contribution >= 0.6 is 0 Å². The highest BCUT2D eigenvalue weighted by Gasteiger charge is 2.13. The summed E-state index contributed by atoms with van der Waals surface area (Å²) in [5.74, 6) is 0. The molecule has 0 saturated heterocycles. The lowest BCUT2D eigenvalue weighted by Gasteiger charge is -2.11. The number of aryl methyl sites for hydroxylation is 1. The molecule has 0 bridgehead atoms. The van der Waals surface area contributed by atoms with Gasteiger partial charge in [0.05, 0.1) is 4.90 Å². The van der Waals surface area contributed by atoms with E-state index in [1.165, 1.54) is 0 Å². The third-order valence-electron chi connectivity index (χ3n) is 3.61. The van der Waals surface area contributed by atoms with Gasteiger partial charge < -0.3 is 5.32 Å². The Bertz CT molecular complexity index is 921. The Morgan fingerprint density at radius 1 is 0.708 bits per heavy atom. The summed E-state index contributed by atoms with van der Waals surface area (Å²) in [5.41, 5.74) is 3.59. The van der Waals surface area contributed by atoms with Crippen LogP contribution in [0.5, 0.6) is 0 Å². The van der Waals surface area contributed by atoms with Crippen LogP contribution in [-0.4, -0.2) is 8.42 Å². The maximum Gasteiger partial charge on any atom is 0.261 e. The Morgan fingerprint density at radius 2 is 1.29 bits per heavy atom. The highest BCUT2D eigenvalue weighted by atomic mass is 32.2. The van der Waals surface area contributed by atoms with Crippen molar-refractivity contribution in [3.63, 3.8) is 0 Å². The minimum Gasteiger partial charge on any atom is -0.355 e. The van der Waals surface area contributed by atoms with Crippen molar-refractivity contribution in [2.24, 2.45) is 0 Å². The van der Waals surface area contributed by atoms with Gasteiger partial charge >= 0.3 is 0 Å². The molecule has 0 aromatic heterocycles. The average Bonchev–Trinajstić information content (AvgIpc) is 2.59. The number of para-hydroxylation sites is 1. The first kappa shape index (κ1) is 16.1. The van der Waals surface area contributed by atoms with Crippen molar-refractivity contribution >= 4 is 27.1 Å². The zero-order valence-corrected chi connectivity index (χ0v) is 14.0. The van der Waals surface area contributed by atoms with Gasteiger partial charge in [-0.05, 0) is 55.0 Å². The molecule has 0 unspecified atom stereocenters. The maximum atomic E-state index is 12.3. The van der Waals surface area contributed by atoms with E-state index in [0.717, 1.165) is 16.9 Å². The van der Waals surface area contributed by atoms with Gasteiger partial charge in [0.25, 0.3) is 10.0 Å². The van der Waals surface area contributed by atoms with Crippen LogP contribution in [0.25, 0.3) is 0 Å². The summed E-state index contributed by atoms with van der Waals surface area (Å²) in [6, 6.07) is 23.5. The van der Waals surface area contributed by atoms with Crippen molar-refractivity contribution in [3.8, 4) is 0 Å². The molecule has 0 amide bonds.